The number of likely N-dealkylation sites (N-methyl/N-ethyl adjacent to an activating group) is 2. The van der Waals surface area contributed by atoms with E-state index in [0.29, 0.717) is 0 Å². The Labute approximate surface area is 102 Å². The summed E-state index contributed by atoms with van der Waals surface area (Å²) in [5.74, 6) is -0.149. The SMILES string of the molecule is CNC(=O)CN(C)C(=O)C(C)N1CCNCC1. The first kappa shape index (κ1) is 13.9. The number of hydrogen-bond acceptors (Lipinski definition) is 4. The number of hydrogen-bond donors (Lipinski definition) is 2. The van der Waals surface area contributed by atoms with E-state index in [0.717, 1.165) is 26.2 Å². The Hall–Kier alpha value is -1.14. The fourth-order valence-electron chi connectivity index (χ4n) is 1.92. The highest BCUT2D eigenvalue weighted by molar-refractivity contribution is 5.87. The van der Waals surface area contributed by atoms with Crippen molar-refractivity contribution in [2.75, 3.05) is 46.8 Å². The summed E-state index contributed by atoms with van der Waals surface area (Å²) in [4.78, 5) is 26.9. The van der Waals surface area contributed by atoms with Gasteiger partial charge in [0.2, 0.25) is 11.8 Å². The third-order valence-corrected chi connectivity index (χ3v) is 3.09. The van der Waals surface area contributed by atoms with Crippen molar-refractivity contribution in [2.24, 2.45) is 0 Å². The van der Waals surface area contributed by atoms with Crippen molar-refractivity contribution in [1.82, 2.24) is 20.4 Å². The second-order valence-electron chi connectivity index (χ2n) is 4.33. The predicted octanol–water partition coefficient (Wildman–Crippen LogP) is -1.52. The zero-order valence-electron chi connectivity index (χ0n) is 10.8. The van der Waals surface area contributed by atoms with Crippen LogP contribution in [0.15, 0.2) is 0 Å². The van der Waals surface area contributed by atoms with E-state index >= 15 is 0 Å². The first-order valence-electron chi connectivity index (χ1n) is 5.96. The van der Waals surface area contributed by atoms with E-state index in [-0.39, 0.29) is 24.4 Å². The van der Waals surface area contributed by atoms with Gasteiger partial charge >= 0.3 is 0 Å². The van der Waals surface area contributed by atoms with Crippen molar-refractivity contribution in [1.29, 1.82) is 0 Å². The van der Waals surface area contributed by atoms with Crippen LogP contribution in [0.1, 0.15) is 6.92 Å². The van der Waals surface area contributed by atoms with Gasteiger partial charge in [-0.05, 0) is 6.92 Å². The van der Waals surface area contributed by atoms with Crippen LogP contribution in [-0.4, -0.2) is 74.5 Å². The van der Waals surface area contributed by atoms with E-state index in [4.69, 9.17) is 0 Å². The standard InChI is InChI=1S/C11H22N4O2/c1-9(15-6-4-13-5-7-15)11(17)14(3)8-10(16)12-2/h9,13H,4-8H2,1-3H3,(H,12,16). The first-order valence-corrected chi connectivity index (χ1v) is 5.96. The largest absolute Gasteiger partial charge is 0.358 e. The van der Waals surface area contributed by atoms with Crippen LogP contribution >= 0.6 is 0 Å². The molecule has 17 heavy (non-hydrogen) atoms. The molecule has 6 heteroatoms. The molecule has 1 aliphatic heterocycles. The van der Waals surface area contributed by atoms with Gasteiger partial charge in [-0.2, -0.15) is 0 Å². The van der Waals surface area contributed by atoms with Crippen molar-refractivity contribution < 1.29 is 9.59 Å². The Balaban J connectivity index is 2.46. The molecule has 0 spiro atoms. The van der Waals surface area contributed by atoms with Crippen molar-refractivity contribution in [2.45, 2.75) is 13.0 Å². The van der Waals surface area contributed by atoms with Crippen molar-refractivity contribution in [3.8, 4) is 0 Å². The lowest BCUT2D eigenvalue weighted by Gasteiger charge is -2.33. The highest BCUT2D eigenvalue weighted by Crippen LogP contribution is 2.04. The number of carbonyl (C=O) groups is 2. The molecule has 6 nitrogen and oxygen atoms in total. The topological polar surface area (TPSA) is 64.7 Å². The lowest BCUT2D eigenvalue weighted by atomic mass is 10.2. The predicted molar refractivity (Wildman–Crippen MR) is 65.6 cm³/mol. The Morgan fingerprint density at radius 3 is 2.53 bits per heavy atom. The summed E-state index contributed by atoms with van der Waals surface area (Å²) in [7, 11) is 3.23. The van der Waals surface area contributed by atoms with E-state index in [1.807, 2.05) is 6.92 Å². The molecular weight excluding hydrogens is 220 g/mol. The van der Waals surface area contributed by atoms with Crippen LogP contribution in [0.25, 0.3) is 0 Å². The lowest BCUT2D eigenvalue weighted by Crippen LogP contribution is -2.53. The summed E-state index contributed by atoms with van der Waals surface area (Å²) in [6, 6.07) is -0.160. The molecule has 0 saturated carbocycles. The van der Waals surface area contributed by atoms with Gasteiger partial charge in [0.1, 0.15) is 0 Å². The van der Waals surface area contributed by atoms with Gasteiger partial charge in [-0.15, -0.1) is 0 Å². The minimum Gasteiger partial charge on any atom is -0.358 e. The molecule has 0 radical (unpaired) electrons. The van der Waals surface area contributed by atoms with Gasteiger partial charge in [0, 0.05) is 40.3 Å². The van der Waals surface area contributed by atoms with E-state index in [9.17, 15) is 9.59 Å². The van der Waals surface area contributed by atoms with E-state index in [1.54, 1.807) is 14.1 Å². The van der Waals surface area contributed by atoms with E-state index in [2.05, 4.69) is 15.5 Å². The highest BCUT2D eigenvalue weighted by Gasteiger charge is 2.25. The first-order chi connectivity index (χ1) is 8.06. The second kappa shape index (κ2) is 6.56. The normalized spacial score (nSPS) is 18.5. The van der Waals surface area contributed by atoms with Crippen LogP contribution in [0.2, 0.25) is 0 Å². The summed E-state index contributed by atoms with van der Waals surface area (Å²) in [5, 5.41) is 5.76. The fraction of sp³-hybridized carbons (Fsp3) is 0.818. The van der Waals surface area contributed by atoms with E-state index in [1.165, 1.54) is 4.90 Å². The lowest BCUT2D eigenvalue weighted by molar-refractivity contribution is -0.138. The van der Waals surface area contributed by atoms with Crippen LogP contribution in [0, 0.1) is 0 Å². The van der Waals surface area contributed by atoms with Gasteiger partial charge in [-0.25, -0.2) is 0 Å². The molecule has 2 amide bonds. The van der Waals surface area contributed by atoms with Gasteiger partial charge in [0.05, 0.1) is 12.6 Å². The summed E-state index contributed by atoms with van der Waals surface area (Å²) in [6.07, 6.45) is 0. The van der Waals surface area contributed by atoms with E-state index < -0.39 is 0 Å². The monoisotopic (exact) mass is 242 g/mol. The molecule has 0 aromatic carbocycles. The minimum absolute atomic E-state index is 0.00417. The smallest absolute Gasteiger partial charge is 0.239 e. The van der Waals surface area contributed by atoms with Crippen LogP contribution in [0.3, 0.4) is 0 Å². The summed E-state index contributed by atoms with van der Waals surface area (Å²) in [5.41, 5.74) is 0. The minimum atomic E-state index is -0.160. The number of piperazine rings is 1. The van der Waals surface area contributed by atoms with Crippen molar-refractivity contribution in [3.05, 3.63) is 0 Å². The summed E-state index contributed by atoms with van der Waals surface area (Å²) >= 11 is 0. The Morgan fingerprint density at radius 1 is 1.41 bits per heavy atom. The maximum absolute atomic E-state index is 12.1. The molecular formula is C11H22N4O2. The Kier molecular flexibility index (Phi) is 5.37. The van der Waals surface area contributed by atoms with Crippen LogP contribution in [0.4, 0.5) is 0 Å². The van der Waals surface area contributed by atoms with Gasteiger partial charge < -0.3 is 15.5 Å². The van der Waals surface area contributed by atoms with Gasteiger partial charge in [0.15, 0.2) is 0 Å². The van der Waals surface area contributed by atoms with Crippen molar-refractivity contribution >= 4 is 11.8 Å². The molecule has 98 valence electrons. The summed E-state index contributed by atoms with van der Waals surface area (Å²) in [6.45, 7) is 5.59. The third-order valence-electron chi connectivity index (χ3n) is 3.09. The molecule has 0 aromatic rings. The number of rotatable bonds is 4. The molecule has 1 rings (SSSR count). The maximum Gasteiger partial charge on any atom is 0.239 e. The molecule has 2 N–H and O–H groups in total. The fourth-order valence-corrected chi connectivity index (χ4v) is 1.92. The molecule has 1 saturated heterocycles. The molecule has 1 aliphatic rings. The molecule has 0 bridgehead atoms. The van der Waals surface area contributed by atoms with Crippen LogP contribution < -0.4 is 10.6 Å². The number of nitrogens with one attached hydrogen (secondary N) is 2. The summed E-state index contributed by atoms with van der Waals surface area (Å²) < 4.78 is 0. The molecule has 1 atom stereocenters. The van der Waals surface area contributed by atoms with Crippen molar-refractivity contribution in [3.63, 3.8) is 0 Å². The quantitative estimate of drug-likeness (QED) is 0.629. The third kappa shape index (κ3) is 3.98. The molecule has 0 aromatic heterocycles. The molecule has 1 fully saturated rings. The van der Waals surface area contributed by atoms with Gasteiger partial charge in [0.25, 0.3) is 0 Å². The average molecular weight is 242 g/mol. The van der Waals surface area contributed by atoms with Gasteiger partial charge in [-0.3, -0.25) is 14.5 Å². The highest BCUT2D eigenvalue weighted by atomic mass is 16.2. The second-order valence-corrected chi connectivity index (χ2v) is 4.33. The van der Waals surface area contributed by atoms with Crippen LogP contribution in [0.5, 0.6) is 0 Å². The maximum atomic E-state index is 12.1. The molecule has 1 heterocycles. The molecule has 0 aliphatic carbocycles. The average Bonchev–Trinajstić information content (AvgIpc) is 2.37. The Morgan fingerprint density at radius 2 is 2.00 bits per heavy atom. The zero-order chi connectivity index (χ0) is 12.8. The number of nitrogens with zero attached hydrogens (tertiary/aromatic N) is 2. The van der Waals surface area contributed by atoms with Gasteiger partial charge in [-0.1, -0.05) is 0 Å². The number of amides is 2. The zero-order valence-corrected chi connectivity index (χ0v) is 10.8. The molecule has 1 unspecified atom stereocenters. The van der Waals surface area contributed by atoms with Crippen LogP contribution in [-0.2, 0) is 9.59 Å². The number of carbonyl (C=O) groups excluding carboxylic acids is 2. The Bertz CT molecular complexity index is 277.